The molecule has 0 saturated carbocycles. The molecular formula is C13H24N2O. The monoisotopic (exact) mass is 224 g/mol. The fourth-order valence-corrected chi connectivity index (χ4v) is 1.91. The number of hydrogen-bond acceptors (Lipinski definition) is 3. The van der Waals surface area contributed by atoms with Crippen LogP contribution in [0.15, 0.2) is 17.1 Å². The largest absolute Gasteiger partial charge is 0.395 e. The maximum absolute atomic E-state index is 8.91. The molecule has 0 atom stereocenters. The topological polar surface area (TPSA) is 35.8 Å². The predicted molar refractivity (Wildman–Crippen MR) is 68.9 cm³/mol. The lowest BCUT2D eigenvalue weighted by molar-refractivity contribution is 0.255. The predicted octanol–water partition coefficient (Wildman–Crippen LogP) is 2.22. The summed E-state index contributed by atoms with van der Waals surface area (Å²) in [7, 11) is 0. The summed E-state index contributed by atoms with van der Waals surface area (Å²) in [6.45, 7) is 5.06. The van der Waals surface area contributed by atoms with Crippen LogP contribution in [0.25, 0.3) is 0 Å². The molecule has 0 spiro atoms. The van der Waals surface area contributed by atoms with Gasteiger partial charge in [-0.05, 0) is 19.3 Å². The van der Waals surface area contributed by atoms with E-state index in [9.17, 15) is 0 Å². The third-order valence-electron chi connectivity index (χ3n) is 2.79. The lowest BCUT2D eigenvalue weighted by Gasteiger charge is -2.18. The Morgan fingerprint density at radius 3 is 2.94 bits per heavy atom. The molecule has 0 fully saturated rings. The summed E-state index contributed by atoms with van der Waals surface area (Å²) in [6.07, 6.45) is 10.3. The van der Waals surface area contributed by atoms with Gasteiger partial charge in [0.1, 0.15) is 0 Å². The summed E-state index contributed by atoms with van der Waals surface area (Å²) >= 11 is 0. The van der Waals surface area contributed by atoms with E-state index in [1.807, 2.05) is 0 Å². The van der Waals surface area contributed by atoms with E-state index in [4.69, 9.17) is 5.11 Å². The van der Waals surface area contributed by atoms with Crippen molar-refractivity contribution >= 4 is 5.84 Å². The molecule has 1 N–H and O–H groups in total. The van der Waals surface area contributed by atoms with Gasteiger partial charge in [-0.2, -0.15) is 0 Å². The zero-order chi connectivity index (χ0) is 11.6. The molecule has 0 aromatic heterocycles. The van der Waals surface area contributed by atoms with Gasteiger partial charge in [0, 0.05) is 19.5 Å². The van der Waals surface area contributed by atoms with Gasteiger partial charge in [0.05, 0.1) is 19.0 Å². The molecule has 3 heteroatoms. The van der Waals surface area contributed by atoms with Gasteiger partial charge in [-0.3, -0.25) is 4.99 Å². The van der Waals surface area contributed by atoms with Crippen molar-refractivity contribution in [3.05, 3.63) is 12.2 Å². The van der Waals surface area contributed by atoms with E-state index in [0.29, 0.717) is 0 Å². The SMILES string of the molecule is CCC/C=C/CCCC1=NCCN1CCO. The number of aliphatic hydroxyl groups excluding tert-OH is 1. The number of amidine groups is 1. The second kappa shape index (κ2) is 8.34. The highest BCUT2D eigenvalue weighted by Gasteiger charge is 2.14. The van der Waals surface area contributed by atoms with Gasteiger partial charge >= 0.3 is 0 Å². The molecule has 92 valence electrons. The molecule has 1 aliphatic rings. The molecule has 0 aromatic carbocycles. The molecule has 0 bridgehead atoms. The van der Waals surface area contributed by atoms with Crippen LogP contribution in [-0.4, -0.2) is 42.1 Å². The van der Waals surface area contributed by atoms with Gasteiger partial charge in [0.2, 0.25) is 0 Å². The Morgan fingerprint density at radius 2 is 2.19 bits per heavy atom. The van der Waals surface area contributed by atoms with Crippen molar-refractivity contribution in [3.63, 3.8) is 0 Å². The Hall–Kier alpha value is -0.830. The van der Waals surface area contributed by atoms with Gasteiger partial charge in [-0.25, -0.2) is 0 Å². The maximum atomic E-state index is 8.91. The number of rotatable bonds is 8. The molecule has 0 saturated heterocycles. The number of aliphatic hydroxyl groups is 1. The van der Waals surface area contributed by atoms with Crippen molar-refractivity contribution < 1.29 is 5.11 Å². The van der Waals surface area contributed by atoms with Gasteiger partial charge in [-0.15, -0.1) is 0 Å². The molecule has 1 rings (SSSR count). The molecular weight excluding hydrogens is 200 g/mol. The highest BCUT2D eigenvalue weighted by Crippen LogP contribution is 2.08. The Bertz CT molecular complexity index is 236. The molecule has 1 heterocycles. The lowest BCUT2D eigenvalue weighted by Crippen LogP contribution is -2.30. The normalized spacial score (nSPS) is 16.1. The first kappa shape index (κ1) is 13.2. The van der Waals surface area contributed by atoms with Crippen LogP contribution in [-0.2, 0) is 0 Å². The molecule has 16 heavy (non-hydrogen) atoms. The summed E-state index contributed by atoms with van der Waals surface area (Å²) in [5.41, 5.74) is 0. The van der Waals surface area contributed by atoms with E-state index < -0.39 is 0 Å². The third kappa shape index (κ3) is 4.79. The van der Waals surface area contributed by atoms with E-state index in [1.165, 1.54) is 25.1 Å². The van der Waals surface area contributed by atoms with E-state index in [0.717, 1.165) is 32.5 Å². The van der Waals surface area contributed by atoms with Crippen LogP contribution in [0.4, 0.5) is 0 Å². The first-order valence-electron chi connectivity index (χ1n) is 6.42. The first-order chi connectivity index (χ1) is 7.88. The second-order valence-electron chi connectivity index (χ2n) is 4.16. The fourth-order valence-electron chi connectivity index (χ4n) is 1.91. The molecule has 0 aromatic rings. The number of unbranched alkanes of at least 4 members (excludes halogenated alkanes) is 2. The minimum Gasteiger partial charge on any atom is -0.395 e. The zero-order valence-electron chi connectivity index (χ0n) is 10.4. The molecule has 0 radical (unpaired) electrons. The lowest BCUT2D eigenvalue weighted by atomic mass is 10.2. The van der Waals surface area contributed by atoms with Crippen molar-refractivity contribution in [3.8, 4) is 0 Å². The van der Waals surface area contributed by atoms with Crippen molar-refractivity contribution in [2.45, 2.75) is 39.0 Å². The number of hydrogen-bond donors (Lipinski definition) is 1. The zero-order valence-corrected chi connectivity index (χ0v) is 10.4. The standard InChI is InChI=1S/C13H24N2O/c1-2-3-4-5-6-7-8-13-14-9-10-15(13)11-12-16/h4-5,16H,2-3,6-12H2,1H3/b5-4+. The second-order valence-corrected chi connectivity index (χ2v) is 4.16. The van der Waals surface area contributed by atoms with E-state index in [1.54, 1.807) is 0 Å². The molecule has 0 amide bonds. The van der Waals surface area contributed by atoms with Crippen molar-refractivity contribution in [1.82, 2.24) is 4.90 Å². The van der Waals surface area contributed by atoms with Gasteiger partial charge in [0.15, 0.2) is 0 Å². The van der Waals surface area contributed by atoms with E-state index in [2.05, 4.69) is 29.0 Å². The van der Waals surface area contributed by atoms with Crippen LogP contribution < -0.4 is 0 Å². The van der Waals surface area contributed by atoms with Crippen LogP contribution in [0.2, 0.25) is 0 Å². The van der Waals surface area contributed by atoms with Gasteiger partial charge < -0.3 is 10.0 Å². The van der Waals surface area contributed by atoms with Crippen LogP contribution in [0.1, 0.15) is 39.0 Å². The van der Waals surface area contributed by atoms with Crippen molar-refractivity contribution in [2.24, 2.45) is 4.99 Å². The average molecular weight is 224 g/mol. The van der Waals surface area contributed by atoms with E-state index in [-0.39, 0.29) is 6.61 Å². The van der Waals surface area contributed by atoms with Gasteiger partial charge in [0.25, 0.3) is 0 Å². The first-order valence-corrected chi connectivity index (χ1v) is 6.42. The Labute approximate surface area is 98.9 Å². The highest BCUT2D eigenvalue weighted by molar-refractivity contribution is 5.83. The van der Waals surface area contributed by atoms with Crippen LogP contribution in [0, 0.1) is 0 Å². The third-order valence-corrected chi connectivity index (χ3v) is 2.79. The highest BCUT2D eigenvalue weighted by atomic mass is 16.3. The van der Waals surface area contributed by atoms with Crippen molar-refractivity contribution in [1.29, 1.82) is 0 Å². The number of aliphatic imine (C=N–C) groups is 1. The maximum Gasteiger partial charge on any atom is 0.0991 e. The van der Waals surface area contributed by atoms with Crippen molar-refractivity contribution in [2.75, 3.05) is 26.2 Å². The van der Waals surface area contributed by atoms with Gasteiger partial charge in [-0.1, -0.05) is 25.5 Å². The average Bonchev–Trinajstić information content (AvgIpc) is 2.72. The minimum atomic E-state index is 0.232. The molecule has 3 nitrogen and oxygen atoms in total. The summed E-state index contributed by atoms with van der Waals surface area (Å²) in [5, 5.41) is 8.91. The molecule has 1 aliphatic heterocycles. The Kier molecular flexibility index (Phi) is 6.90. The smallest absolute Gasteiger partial charge is 0.0991 e. The number of allylic oxidation sites excluding steroid dienone is 2. The number of nitrogens with zero attached hydrogens (tertiary/aromatic N) is 2. The van der Waals surface area contributed by atoms with Crippen LogP contribution >= 0.6 is 0 Å². The molecule has 0 aliphatic carbocycles. The Morgan fingerprint density at radius 1 is 1.38 bits per heavy atom. The Balaban J connectivity index is 2.12. The fraction of sp³-hybridized carbons (Fsp3) is 0.769. The quantitative estimate of drug-likeness (QED) is 0.507. The number of β-amino-alcohol motifs (C(OH)–C–C–N with tert-alkyl or cyclic N) is 1. The van der Waals surface area contributed by atoms with E-state index >= 15 is 0 Å². The summed E-state index contributed by atoms with van der Waals surface area (Å²) in [5.74, 6) is 1.19. The van der Waals surface area contributed by atoms with Crippen LogP contribution in [0.5, 0.6) is 0 Å². The minimum absolute atomic E-state index is 0.232. The summed E-state index contributed by atoms with van der Waals surface area (Å²) < 4.78 is 0. The summed E-state index contributed by atoms with van der Waals surface area (Å²) in [6, 6.07) is 0. The molecule has 0 unspecified atom stereocenters. The summed E-state index contributed by atoms with van der Waals surface area (Å²) in [4.78, 5) is 6.68. The van der Waals surface area contributed by atoms with Crippen LogP contribution in [0.3, 0.4) is 0 Å².